The van der Waals surface area contributed by atoms with E-state index in [1.807, 2.05) is 35.9 Å². The molecule has 2 aliphatic rings. The van der Waals surface area contributed by atoms with Crippen LogP contribution in [0.15, 0.2) is 36.7 Å². The summed E-state index contributed by atoms with van der Waals surface area (Å²) in [5, 5.41) is 5.65. The summed E-state index contributed by atoms with van der Waals surface area (Å²) < 4.78 is 2.01. The van der Waals surface area contributed by atoms with Gasteiger partial charge in [-0.25, -0.2) is 9.78 Å². The number of aromatic nitrogens is 2. The van der Waals surface area contributed by atoms with Gasteiger partial charge in [-0.05, 0) is 56.2 Å². The van der Waals surface area contributed by atoms with Gasteiger partial charge in [-0.15, -0.1) is 0 Å². The number of amides is 4. The highest BCUT2D eigenvalue weighted by molar-refractivity contribution is 6.10. The van der Waals surface area contributed by atoms with Gasteiger partial charge in [0.05, 0.1) is 0 Å². The Morgan fingerprint density at radius 2 is 2.07 bits per heavy atom. The van der Waals surface area contributed by atoms with E-state index in [4.69, 9.17) is 0 Å². The molecule has 1 aliphatic heterocycles. The molecule has 158 valence electrons. The summed E-state index contributed by atoms with van der Waals surface area (Å²) in [4.78, 5) is 43.1. The van der Waals surface area contributed by atoms with Crippen molar-refractivity contribution >= 4 is 23.5 Å². The lowest BCUT2D eigenvalue weighted by molar-refractivity contribution is -0.135. The summed E-state index contributed by atoms with van der Waals surface area (Å²) in [7, 11) is 0. The molecule has 1 saturated carbocycles. The van der Waals surface area contributed by atoms with Crippen molar-refractivity contribution < 1.29 is 14.4 Å². The van der Waals surface area contributed by atoms with E-state index in [1.165, 1.54) is 0 Å². The van der Waals surface area contributed by atoms with Crippen LogP contribution in [-0.4, -0.2) is 44.4 Å². The molecule has 4 rings (SSSR count). The van der Waals surface area contributed by atoms with Crippen molar-refractivity contribution in [1.29, 1.82) is 0 Å². The molecule has 8 nitrogen and oxygen atoms in total. The molecule has 0 radical (unpaired) electrons. The molecule has 2 fully saturated rings. The molecule has 1 aromatic heterocycles. The minimum atomic E-state index is -0.827. The van der Waals surface area contributed by atoms with Crippen LogP contribution >= 0.6 is 0 Å². The SMILES string of the molecule is Cc1nccn1Cc1cccc(NC(=O)CN2C(=O)NC3(CCC(C)CC3)C2=O)c1. The lowest BCUT2D eigenvalue weighted by Crippen LogP contribution is -2.49. The Morgan fingerprint density at radius 3 is 2.77 bits per heavy atom. The fourth-order valence-electron chi connectivity index (χ4n) is 4.27. The highest BCUT2D eigenvalue weighted by Crippen LogP contribution is 2.36. The van der Waals surface area contributed by atoms with Crippen molar-refractivity contribution in [2.45, 2.75) is 51.6 Å². The lowest BCUT2D eigenvalue weighted by Gasteiger charge is -2.33. The maximum Gasteiger partial charge on any atom is 0.325 e. The molecule has 30 heavy (non-hydrogen) atoms. The molecule has 0 bridgehead atoms. The smallest absolute Gasteiger partial charge is 0.325 e. The molecule has 1 spiro atoms. The van der Waals surface area contributed by atoms with E-state index in [0.29, 0.717) is 31.0 Å². The first-order valence-corrected chi connectivity index (χ1v) is 10.4. The van der Waals surface area contributed by atoms with Gasteiger partial charge in [0.15, 0.2) is 0 Å². The molecule has 4 amide bonds. The molecule has 8 heteroatoms. The van der Waals surface area contributed by atoms with Crippen molar-refractivity contribution in [2.75, 3.05) is 11.9 Å². The van der Waals surface area contributed by atoms with Crippen LogP contribution in [0.3, 0.4) is 0 Å². The lowest BCUT2D eigenvalue weighted by atomic mass is 9.77. The van der Waals surface area contributed by atoms with E-state index >= 15 is 0 Å². The van der Waals surface area contributed by atoms with Crippen molar-refractivity contribution in [2.24, 2.45) is 5.92 Å². The predicted molar refractivity (Wildman–Crippen MR) is 112 cm³/mol. The van der Waals surface area contributed by atoms with Gasteiger partial charge in [0, 0.05) is 24.6 Å². The third kappa shape index (κ3) is 3.94. The summed E-state index contributed by atoms with van der Waals surface area (Å²) in [6.45, 7) is 4.45. The number of benzene rings is 1. The number of rotatable bonds is 5. The van der Waals surface area contributed by atoms with Crippen LogP contribution < -0.4 is 10.6 Å². The van der Waals surface area contributed by atoms with Gasteiger partial charge in [0.1, 0.15) is 17.9 Å². The number of urea groups is 1. The Hall–Kier alpha value is -3.16. The number of imidazole rings is 1. The van der Waals surface area contributed by atoms with Crippen molar-refractivity contribution in [3.8, 4) is 0 Å². The number of aryl methyl sites for hydroxylation is 1. The Kier molecular flexibility index (Phi) is 5.32. The van der Waals surface area contributed by atoms with Gasteiger partial charge in [-0.2, -0.15) is 0 Å². The second-order valence-electron chi connectivity index (χ2n) is 8.44. The number of nitrogens with one attached hydrogen (secondary N) is 2. The molecule has 2 N–H and O–H groups in total. The summed E-state index contributed by atoms with van der Waals surface area (Å²) >= 11 is 0. The van der Waals surface area contributed by atoms with Crippen molar-refractivity contribution in [1.82, 2.24) is 19.8 Å². The summed E-state index contributed by atoms with van der Waals surface area (Å²) in [5.74, 6) is 0.791. The second kappa shape index (κ2) is 7.93. The zero-order valence-corrected chi connectivity index (χ0v) is 17.4. The maximum atomic E-state index is 12.9. The van der Waals surface area contributed by atoms with Gasteiger partial charge in [0.2, 0.25) is 5.91 Å². The third-order valence-corrected chi connectivity index (χ3v) is 6.16. The molecule has 2 heterocycles. The first-order valence-electron chi connectivity index (χ1n) is 10.4. The van der Waals surface area contributed by atoms with E-state index in [-0.39, 0.29) is 12.5 Å². The second-order valence-corrected chi connectivity index (χ2v) is 8.44. The standard InChI is InChI=1S/C22H27N5O3/c1-15-6-8-22(9-7-15)20(29)27(21(30)25-22)14-19(28)24-18-5-3-4-17(12-18)13-26-11-10-23-16(26)2/h3-5,10-12,15H,6-9,13-14H2,1-2H3,(H,24,28)(H,25,30). The first kappa shape index (κ1) is 20.1. The van der Waals surface area contributed by atoms with E-state index in [0.717, 1.165) is 29.1 Å². The normalized spacial score (nSPS) is 23.7. The number of carbonyl (C=O) groups excluding carboxylic acids is 3. The number of hydrogen-bond donors (Lipinski definition) is 2. The van der Waals surface area contributed by atoms with E-state index in [1.54, 1.807) is 12.3 Å². The largest absolute Gasteiger partial charge is 0.331 e. The third-order valence-electron chi connectivity index (χ3n) is 6.16. The van der Waals surface area contributed by atoms with Crippen LogP contribution in [0, 0.1) is 12.8 Å². The zero-order chi connectivity index (χ0) is 21.3. The van der Waals surface area contributed by atoms with Crippen LogP contribution in [0.25, 0.3) is 0 Å². The van der Waals surface area contributed by atoms with Gasteiger partial charge < -0.3 is 15.2 Å². The summed E-state index contributed by atoms with van der Waals surface area (Å²) in [5.41, 5.74) is 0.814. The zero-order valence-electron chi connectivity index (χ0n) is 17.4. The minimum Gasteiger partial charge on any atom is -0.331 e. The van der Waals surface area contributed by atoms with Crippen LogP contribution in [0.5, 0.6) is 0 Å². The Bertz CT molecular complexity index is 975. The Labute approximate surface area is 175 Å². The number of anilines is 1. The molecular weight excluding hydrogens is 382 g/mol. The highest BCUT2D eigenvalue weighted by Gasteiger charge is 2.52. The monoisotopic (exact) mass is 409 g/mol. The fraction of sp³-hybridized carbons (Fsp3) is 0.455. The van der Waals surface area contributed by atoms with Crippen molar-refractivity contribution in [3.63, 3.8) is 0 Å². The number of nitrogens with zero attached hydrogens (tertiary/aromatic N) is 3. The van der Waals surface area contributed by atoms with Gasteiger partial charge in [-0.3, -0.25) is 14.5 Å². The van der Waals surface area contributed by atoms with Gasteiger partial charge in [0.25, 0.3) is 5.91 Å². The molecule has 1 aromatic carbocycles. The first-order chi connectivity index (χ1) is 14.4. The molecule has 1 saturated heterocycles. The van der Waals surface area contributed by atoms with Gasteiger partial charge >= 0.3 is 6.03 Å². The van der Waals surface area contributed by atoms with Crippen LogP contribution in [0.4, 0.5) is 10.5 Å². The number of hydrogen-bond acceptors (Lipinski definition) is 4. The Morgan fingerprint density at radius 1 is 1.30 bits per heavy atom. The highest BCUT2D eigenvalue weighted by atomic mass is 16.2. The van der Waals surface area contributed by atoms with Gasteiger partial charge in [-0.1, -0.05) is 19.1 Å². The quantitative estimate of drug-likeness (QED) is 0.742. The van der Waals surface area contributed by atoms with Crippen molar-refractivity contribution in [3.05, 3.63) is 48.0 Å². The topological polar surface area (TPSA) is 96.3 Å². The summed E-state index contributed by atoms with van der Waals surface area (Å²) in [6.07, 6.45) is 6.71. The molecule has 1 aliphatic carbocycles. The summed E-state index contributed by atoms with van der Waals surface area (Å²) in [6, 6.07) is 7.03. The van der Waals surface area contributed by atoms with E-state index in [2.05, 4.69) is 22.5 Å². The average Bonchev–Trinajstić information content (AvgIpc) is 3.21. The van der Waals surface area contributed by atoms with E-state index < -0.39 is 17.5 Å². The van der Waals surface area contributed by atoms with Crippen LogP contribution in [0.2, 0.25) is 0 Å². The molecular formula is C22H27N5O3. The van der Waals surface area contributed by atoms with E-state index in [9.17, 15) is 14.4 Å². The van der Waals surface area contributed by atoms with Crippen LogP contribution in [-0.2, 0) is 16.1 Å². The molecule has 0 atom stereocenters. The molecule has 2 aromatic rings. The van der Waals surface area contributed by atoms with Crippen LogP contribution in [0.1, 0.15) is 44.0 Å². The minimum absolute atomic E-state index is 0.279. The maximum absolute atomic E-state index is 12.9. The average molecular weight is 409 g/mol. The molecule has 0 unspecified atom stereocenters. The fourth-order valence-corrected chi connectivity index (χ4v) is 4.27. The predicted octanol–water partition coefficient (Wildman–Crippen LogP) is 2.68. The number of carbonyl (C=O) groups is 3. The number of imide groups is 1. The Balaban J connectivity index is 1.39.